The number of carbonyl (C=O) groups excluding carboxylic acids is 1. The minimum atomic E-state index is 0.190. The first-order chi connectivity index (χ1) is 10.6. The van der Waals surface area contributed by atoms with Gasteiger partial charge in [-0.15, -0.1) is 11.3 Å². The number of nitrogens with zero attached hydrogens (tertiary/aromatic N) is 2. The molecule has 2 aliphatic heterocycles. The van der Waals surface area contributed by atoms with E-state index >= 15 is 0 Å². The lowest BCUT2D eigenvalue weighted by Gasteiger charge is -2.35. The van der Waals surface area contributed by atoms with Crippen molar-refractivity contribution in [2.24, 2.45) is 5.92 Å². The van der Waals surface area contributed by atoms with E-state index in [0.717, 1.165) is 51.9 Å². The van der Waals surface area contributed by atoms with E-state index < -0.39 is 0 Å². The van der Waals surface area contributed by atoms with Crippen molar-refractivity contribution in [3.63, 3.8) is 0 Å². The smallest absolute Gasteiger partial charge is 0.226 e. The minimum Gasteiger partial charge on any atom is -0.342 e. The van der Waals surface area contributed by atoms with Crippen molar-refractivity contribution >= 4 is 17.2 Å². The van der Waals surface area contributed by atoms with Crippen LogP contribution < -0.4 is 5.32 Å². The average molecular weight is 321 g/mol. The Hall–Kier alpha value is -0.940. The lowest BCUT2D eigenvalue weighted by molar-refractivity contribution is -0.137. The zero-order valence-electron chi connectivity index (χ0n) is 13.7. The first kappa shape index (κ1) is 15.9. The predicted molar refractivity (Wildman–Crippen MR) is 90.4 cm³/mol. The Morgan fingerprint density at radius 3 is 2.95 bits per heavy atom. The van der Waals surface area contributed by atoms with Gasteiger partial charge in [-0.1, -0.05) is 13.8 Å². The molecule has 4 nitrogen and oxygen atoms in total. The molecule has 0 aromatic carbocycles. The summed E-state index contributed by atoms with van der Waals surface area (Å²) in [7, 11) is 0. The Balaban J connectivity index is 1.64. The molecule has 0 bridgehead atoms. The number of carbonyl (C=O) groups is 1. The highest BCUT2D eigenvalue weighted by molar-refractivity contribution is 7.09. The van der Waals surface area contributed by atoms with Crippen molar-refractivity contribution in [2.75, 3.05) is 26.2 Å². The molecule has 3 heterocycles. The molecule has 0 spiro atoms. The van der Waals surface area contributed by atoms with Crippen LogP contribution >= 0.6 is 11.3 Å². The highest BCUT2D eigenvalue weighted by Gasteiger charge is 2.31. The summed E-state index contributed by atoms with van der Waals surface area (Å²) >= 11 is 1.77. The van der Waals surface area contributed by atoms with Gasteiger partial charge in [-0.3, -0.25) is 4.79 Å². The summed E-state index contributed by atoms with van der Waals surface area (Å²) < 4.78 is 0. The Kier molecular flexibility index (Phi) is 5.14. The van der Waals surface area contributed by atoms with Gasteiger partial charge in [0, 0.05) is 30.9 Å². The summed E-state index contributed by atoms with van der Waals surface area (Å²) in [6, 6.07) is 0. The normalized spacial score (nSPS) is 26.4. The third-order valence-corrected chi connectivity index (χ3v) is 5.89. The molecule has 22 heavy (non-hydrogen) atoms. The van der Waals surface area contributed by atoms with E-state index in [1.54, 1.807) is 11.3 Å². The summed E-state index contributed by atoms with van der Waals surface area (Å²) in [5, 5.41) is 6.77. The number of hydrogen-bond donors (Lipinski definition) is 1. The predicted octanol–water partition coefficient (Wildman–Crippen LogP) is 2.97. The van der Waals surface area contributed by atoms with Crippen LogP contribution in [0.4, 0.5) is 0 Å². The zero-order chi connectivity index (χ0) is 15.5. The van der Waals surface area contributed by atoms with Gasteiger partial charge in [-0.25, -0.2) is 4.98 Å². The summed E-state index contributed by atoms with van der Waals surface area (Å²) in [6.45, 7) is 8.07. The SMILES string of the molecule is CC(C)c1csc(C2CCCN(C(=O)C3CCCNC3)C2)n1. The fourth-order valence-corrected chi connectivity index (χ4v) is 4.56. The maximum Gasteiger partial charge on any atom is 0.226 e. The molecule has 2 aliphatic rings. The van der Waals surface area contributed by atoms with E-state index in [9.17, 15) is 4.79 Å². The molecule has 2 saturated heterocycles. The number of thiazole rings is 1. The maximum atomic E-state index is 12.7. The van der Waals surface area contributed by atoms with Crippen molar-refractivity contribution in [3.05, 3.63) is 16.1 Å². The van der Waals surface area contributed by atoms with Gasteiger partial charge in [0.05, 0.1) is 16.6 Å². The Bertz CT molecular complexity index is 508. The average Bonchev–Trinajstić information content (AvgIpc) is 3.05. The van der Waals surface area contributed by atoms with Crippen LogP contribution in [0.15, 0.2) is 5.38 Å². The van der Waals surface area contributed by atoms with Gasteiger partial charge >= 0.3 is 0 Å². The molecule has 1 aromatic heterocycles. The second kappa shape index (κ2) is 7.09. The second-order valence-corrected chi connectivity index (χ2v) is 7.82. The van der Waals surface area contributed by atoms with Crippen molar-refractivity contribution in [1.82, 2.24) is 15.2 Å². The van der Waals surface area contributed by atoms with Crippen LogP contribution in [0.2, 0.25) is 0 Å². The summed E-state index contributed by atoms with van der Waals surface area (Å²) in [5.41, 5.74) is 1.19. The molecular weight excluding hydrogens is 294 g/mol. The van der Waals surface area contributed by atoms with Crippen molar-refractivity contribution in [3.8, 4) is 0 Å². The summed E-state index contributed by atoms with van der Waals surface area (Å²) in [5.74, 6) is 1.47. The monoisotopic (exact) mass is 321 g/mol. The maximum absolute atomic E-state index is 12.7. The van der Waals surface area contributed by atoms with Crippen LogP contribution in [-0.4, -0.2) is 42.0 Å². The number of piperidine rings is 2. The Morgan fingerprint density at radius 1 is 1.41 bits per heavy atom. The molecule has 0 saturated carbocycles. The number of nitrogens with one attached hydrogen (secondary N) is 1. The number of rotatable bonds is 3. The van der Waals surface area contributed by atoms with Gasteiger partial charge in [0.25, 0.3) is 0 Å². The third-order valence-electron chi connectivity index (χ3n) is 4.86. The molecule has 5 heteroatoms. The molecule has 3 rings (SSSR count). The molecular formula is C17H27N3OS. The zero-order valence-corrected chi connectivity index (χ0v) is 14.5. The lowest BCUT2D eigenvalue weighted by Crippen LogP contribution is -2.46. The minimum absolute atomic E-state index is 0.190. The third kappa shape index (κ3) is 3.51. The number of amides is 1. The molecule has 2 unspecified atom stereocenters. The molecule has 122 valence electrons. The van der Waals surface area contributed by atoms with E-state index in [2.05, 4.69) is 29.4 Å². The van der Waals surface area contributed by atoms with Gasteiger partial charge in [0.15, 0.2) is 0 Å². The van der Waals surface area contributed by atoms with Gasteiger partial charge in [0.2, 0.25) is 5.91 Å². The van der Waals surface area contributed by atoms with Crippen LogP contribution in [0.3, 0.4) is 0 Å². The number of hydrogen-bond acceptors (Lipinski definition) is 4. The molecule has 0 radical (unpaired) electrons. The largest absolute Gasteiger partial charge is 0.342 e. The van der Waals surface area contributed by atoms with E-state index in [1.807, 2.05) is 0 Å². The van der Waals surface area contributed by atoms with E-state index in [0.29, 0.717) is 17.7 Å². The molecule has 2 fully saturated rings. The molecule has 2 atom stereocenters. The van der Waals surface area contributed by atoms with Crippen LogP contribution in [0.5, 0.6) is 0 Å². The standard InChI is InChI=1S/C17H27N3OS/c1-12(2)15-11-22-16(19-15)14-6-4-8-20(10-14)17(21)13-5-3-7-18-9-13/h11-14,18H,3-10H2,1-2H3. The molecule has 1 aromatic rings. The van der Waals surface area contributed by atoms with E-state index in [4.69, 9.17) is 4.98 Å². The first-order valence-electron chi connectivity index (χ1n) is 8.60. The van der Waals surface area contributed by atoms with Gasteiger partial charge < -0.3 is 10.2 Å². The van der Waals surface area contributed by atoms with Crippen LogP contribution in [-0.2, 0) is 4.79 Å². The molecule has 1 N–H and O–H groups in total. The highest BCUT2D eigenvalue weighted by Crippen LogP contribution is 2.31. The van der Waals surface area contributed by atoms with Crippen molar-refractivity contribution < 1.29 is 4.79 Å². The molecule has 1 amide bonds. The Labute approximate surface area is 137 Å². The van der Waals surface area contributed by atoms with Gasteiger partial charge in [-0.05, 0) is 38.1 Å². The number of aromatic nitrogens is 1. The van der Waals surface area contributed by atoms with Crippen molar-refractivity contribution in [2.45, 2.75) is 51.4 Å². The van der Waals surface area contributed by atoms with Crippen LogP contribution in [0, 0.1) is 5.92 Å². The van der Waals surface area contributed by atoms with Gasteiger partial charge in [0.1, 0.15) is 0 Å². The lowest BCUT2D eigenvalue weighted by atomic mass is 9.94. The van der Waals surface area contributed by atoms with E-state index in [1.165, 1.54) is 10.7 Å². The summed E-state index contributed by atoms with van der Waals surface area (Å²) in [4.78, 5) is 19.6. The van der Waals surface area contributed by atoms with E-state index in [-0.39, 0.29) is 5.92 Å². The first-order valence-corrected chi connectivity index (χ1v) is 9.48. The van der Waals surface area contributed by atoms with Crippen LogP contribution in [0.25, 0.3) is 0 Å². The van der Waals surface area contributed by atoms with Gasteiger partial charge in [-0.2, -0.15) is 0 Å². The topological polar surface area (TPSA) is 45.2 Å². The number of likely N-dealkylation sites (tertiary alicyclic amines) is 1. The fourth-order valence-electron chi connectivity index (χ4n) is 3.45. The Morgan fingerprint density at radius 2 is 2.27 bits per heavy atom. The fraction of sp³-hybridized carbons (Fsp3) is 0.765. The molecule has 0 aliphatic carbocycles. The summed E-state index contributed by atoms with van der Waals surface area (Å²) in [6.07, 6.45) is 4.44. The highest BCUT2D eigenvalue weighted by atomic mass is 32.1. The second-order valence-electron chi connectivity index (χ2n) is 6.93. The quantitative estimate of drug-likeness (QED) is 0.931. The van der Waals surface area contributed by atoms with Crippen LogP contribution in [0.1, 0.15) is 62.1 Å². The van der Waals surface area contributed by atoms with Crippen molar-refractivity contribution in [1.29, 1.82) is 0 Å².